The molecule has 19 heavy (non-hydrogen) atoms. The molecule has 0 N–H and O–H groups in total. The fourth-order valence-corrected chi connectivity index (χ4v) is 16.0. The molecule has 1 nitrogen and oxygen atoms in total. The highest BCUT2D eigenvalue weighted by Crippen LogP contribution is 2.30. The Hall–Kier alpha value is 0.434. The Morgan fingerprint density at radius 3 is 1.58 bits per heavy atom. The minimum Gasteiger partial charge on any atom is -0.362 e. The van der Waals surface area contributed by atoms with Crippen molar-refractivity contribution in [3.05, 3.63) is 10.5 Å². The van der Waals surface area contributed by atoms with Gasteiger partial charge in [0, 0.05) is 18.4 Å². The molecule has 0 aliphatic rings. The molecule has 0 aliphatic carbocycles. The van der Waals surface area contributed by atoms with Crippen molar-refractivity contribution < 1.29 is 0 Å². The SMILES string of the molecule is CCN(CC)/C(Cl)=C(\C)P=C([Si](C)(C)C)[Si](C)(C)C. The minimum atomic E-state index is -1.23. The van der Waals surface area contributed by atoms with Crippen LogP contribution in [0.4, 0.5) is 0 Å². The zero-order valence-electron chi connectivity index (χ0n) is 14.2. The normalized spacial score (nSPS) is 14.4. The van der Waals surface area contributed by atoms with E-state index >= 15 is 0 Å². The number of hydrogen-bond acceptors (Lipinski definition) is 1. The van der Waals surface area contributed by atoms with Crippen LogP contribution in [0.5, 0.6) is 0 Å². The molecule has 0 rings (SSSR count). The maximum Gasteiger partial charge on any atom is 0.112 e. The Morgan fingerprint density at radius 1 is 0.947 bits per heavy atom. The summed E-state index contributed by atoms with van der Waals surface area (Å²) in [6, 6.07) is 0. The summed E-state index contributed by atoms with van der Waals surface area (Å²) in [7, 11) is -1.06. The van der Waals surface area contributed by atoms with Crippen LogP contribution in [0.1, 0.15) is 20.8 Å². The molecule has 0 amide bonds. The Kier molecular flexibility index (Phi) is 7.61. The highest BCUT2D eigenvalue weighted by atomic mass is 35.5. The highest BCUT2D eigenvalue weighted by molar-refractivity contribution is 7.65. The molecule has 0 atom stereocenters. The molecule has 0 radical (unpaired) electrons. The molecule has 0 fully saturated rings. The van der Waals surface area contributed by atoms with Crippen LogP contribution in [0.25, 0.3) is 0 Å². The van der Waals surface area contributed by atoms with Crippen molar-refractivity contribution in [3.8, 4) is 0 Å². The quantitative estimate of drug-likeness (QED) is 0.345. The molecule has 0 aromatic heterocycles. The topological polar surface area (TPSA) is 3.24 Å². The van der Waals surface area contributed by atoms with Crippen LogP contribution in [-0.4, -0.2) is 38.7 Å². The van der Waals surface area contributed by atoms with Crippen molar-refractivity contribution in [3.63, 3.8) is 0 Å². The maximum absolute atomic E-state index is 6.56. The number of rotatable bonds is 6. The third-order valence-electron chi connectivity index (χ3n) is 3.04. The summed E-state index contributed by atoms with van der Waals surface area (Å²) in [5.41, 5.74) is 0. The van der Waals surface area contributed by atoms with E-state index in [2.05, 4.69) is 65.0 Å². The van der Waals surface area contributed by atoms with E-state index in [0.717, 1.165) is 18.2 Å². The predicted octanol–water partition coefficient (Wildman–Crippen LogP) is 5.63. The second kappa shape index (κ2) is 7.44. The van der Waals surface area contributed by atoms with Gasteiger partial charge in [-0.15, -0.1) is 0 Å². The van der Waals surface area contributed by atoms with Gasteiger partial charge < -0.3 is 4.90 Å². The summed E-state index contributed by atoms with van der Waals surface area (Å²) >= 11 is 6.56. The van der Waals surface area contributed by atoms with Gasteiger partial charge in [0.2, 0.25) is 0 Å². The second-order valence-corrected chi connectivity index (χ2v) is 20.1. The number of hydrogen-bond donors (Lipinski definition) is 0. The molecular weight excluding hydrogens is 305 g/mol. The zero-order valence-corrected chi connectivity index (χ0v) is 17.8. The first-order chi connectivity index (χ1) is 8.45. The Labute approximate surface area is 129 Å². The van der Waals surface area contributed by atoms with E-state index in [1.54, 1.807) is 0 Å². The Balaban J connectivity index is 5.66. The van der Waals surface area contributed by atoms with Crippen molar-refractivity contribution in [2.45, 2.75) is 60.1 Å². The van der Waals surface area contributed by atoms with Crippen LogP contribution < -0.4 is 0 Å². The van der Waals surface area contributed by atoms with Gasteiger partial charge in [0.15, 0.2) is 0 Å². The molecule has 0 saturated carbocycles. The molecule has 0 saturated heterocycles. The first-order valence-corrected chi connectivity index (χ1v) is 15.4. The van der Waals surface area contributed by atoms with E-state index < -0.39 is 16.1 Å². The fraction of sp³-hybridized carbons (Fsp3) is 0.786. The van der Waals surface area contributed by atoms with Gasteiger partial charge in [-0.2, -0.15) is 0 Å². The van der Waals surface area contributed by atoms with E-state index in [1.165, 1.54) is 13.5 Å². The lowest BCUT2D eigenvalue weighted by Gasteiger charge is -2.31. The summed E-state index contributed by atoms with van der Waals surface area (Å²) in [6.07, 6.45) is 0. The van der Waals surface area contributed by atoms with Gasteiger partial charge in [-0.25, -0.2) is 0 Å². The average molecular weight is 336 g/mol. The maximum atomic E-state index is 6.56. The first kappa shape index (κ1) is 19.4. The summed E-state index contributed by atoms with van der Waals surface area (Å²) in [5.74, 6) is 0. The van der Waals surface area contributed by atoms with E-state index in [0.29, 0.717) is 0 Å². The van der Waals surface area contributed by atoms with Crippen LogP contribution in [0.3, 0.4) is 0 Å². The van der Waals surface area contributed by atoms with Crippen molar-refractivity contribution in [2.24, 2.45) is 0 Å². The van der Waals surface area contributed by atoms with Crippen LogP contribution in [0.15, 0.2) is 10.5 Å². The molecule has 0 unspecified atom stereocenters. The molecule has 5 heteroatoms. The third-order valence-corrected chi connectivity index (χ3v) is 16.5. The van der Waals surface area contributed by atoms with Crippen molar-refractivity contribution >= 4 is 40.5 Å². The third kappa shape index (κ3) is 6.16. The lowest BCUT2D eigenvalue weighted by Crippen LogP contribution is -2.48. The fourth-order valence-electron chi connectivity index (χ4n) is 2.40. The van der Waals surface area contributed by atoms with Crippen LogP contribution >= 0.6 is 19.8 Å². The number of allylic oxidation sites excluding steroid dienone is 1. The highest BCUT2D eigenvalue weighted by Gasteiger charge is 2.31. The molecular formula is C14H31ClNPSi2. The van der Waals surface area contributed by atoms with Gasteiger partial charge in [0.1, 0.15) is 5.16 Å². The van der Waals surface area contributed by atoms with Crippen LogP contribution in [0, 0.1) is 0 Å². The number of halogens is 1. The molecule has 0 aliphatic heterocycles. The summed E-state index contributed by atoms with van der Waals surface area (Å²) in [6.45, 7) is 23.3. The van der Waals surface area contributed by atoms with Gasteiger partial charge in [0.25, 0.3) is 0 Å². The van der Waals surface area contributed by atoms with Gasteiger partial charge in [0.05, 0.1) is 16.1 Å². The van der Waals surface area contributed by atoms with E-state index in [9.17, 15) is 0 Å². The lowest BCUT2D eigenvalue weighted by atomic mass is 10.5. The van der Waals surface area contributed by atoms with Gasteiger partial charge in [-0.3, -0.25) is 0 Å². The van der Waals surface area contributed by atoms with Gasteiger partial charge in [-0.1, -0.05) is 63.6 Å². The summed E-state index contributed by atoms with van der Waals surface area (Å²) < 4.78 is 1.81. The Morgan fingerprint density at radius 2 is 1.32 bits per heavy atom. The summed E-state index contributed by atoms with van der Waals surface area (Å²) in [5, 5.41) is 2.28. The van der Waals surface area contributed by atoms with E-state index in [-0.39, 0.29) is 0 Å². The number of nitrogens with zero attached hydrogens (tertiary/aromatic N) is 1. The molecule has 0 bridgehead atoms. The largest absolute Gasteiger partial charge is 0.362 e. The molecule has 0 aromatic carbocycles. The van der Waals surface area contributed by atoms with Crippen molar-refractivity contribution in [1.82, 2.24) is 4.90 Å². The van der Waals surface area contributed by atoms with E-state index in [4.69, 9.17) is 11.6 Å². The van der Waals surface area contributed by atoms with Crippen molar-refractivity contribution in [2.75, 3.05) is 13.1 Å². The van der Waals surface area contributed by atoms with Crippen LogP contribution in [-0.2, 0) is 0 Å². The molecule has 0 heterocycles. The standard InChI is InChI=1S/C14H31ClNPSi2/c1-10-16(11-2)13(15)12(3)17-14(18(4,5)6)19(7,8)9/h10-11H2,1-9H3/b13-12+. The molecule has 112 valence electrons. The van der Waals surface area contributed by atoms with Gasteiger partial charge in [-0.05, 0) is 20.8 Å². The average Bonchev–Trinajstić information content (AvgIpc) is 2.23. The predicted molar refractivity (Wildman–Crippen MR) is 100 cm³/mol. The monoisotopic (exact) mass is 335 g/mol. The lowest BCUT2D eigenvalue weighted by molar-refractivity contribution is 0.405. The van der Waals surface area contributed by atoms with E-state index in [1.807, 2.05) is 4.54 Å². The Bertz CT molecular complexity index is 345. The van der Waals surface area contributed by atoms with Gasteiger partial charge >= 0.3 is 0 Å². The first-order valence-electron chi connectivity index (χ1n) is 7.16. The minimum absolute atomic E-state index is 0.959. The molecule has 0 aromatic rings. The summed E-state index contributed by atoms with van der Waals surface area (Å²) in [4.78, 5) is 2.25. The smallest absolute Gasteiger partial charge is 0.112 e. The van der Waals surface area contributed by atoms with Crippen molar-refractivity contribution in [1.29, 1.82) is 0 Å². The van der Waals surface area contributed by atoms with Crippen LogP contribution in [0.2, 0.25) is 39.3 Å². The zero-order chi connectivity index (χ0) is 15.4. The molecule has 0 spiro atoms. The second-order valence-electron chi connectivity index (χ2n) is 7.01.